The molecule has 14 heteroatoms. The smallest absolute Gasteiger partial charge is 0.272 e. The molecule has 0 unspecified atom stereocenters. The monoisotopic (exact) mass is 510 g/mol. The molecule has 0 aliphatic carbocycles. The first-order valence-corrected chi connectivity index (χ1v) is 10.3. The van der Waals surface area contributed by atoms with Gasteiger partial charge in [-0.05, 0) is 22.0 Å². The van der Waals surface area contributed by atoms with Crippen LogP contribution in [0.3, 0.4) is 0 Å². The Morgan fingerprint density at radius 3 is 2.40 bits per heavy atom. The molecule has 2 N–H and O–H groups in total. The van der Waals surface area contributed by atoms with Crippen molar-refractivity contribution >= 4 is 42.8 Å². The quantitative estimate of drug-likeness (QED) is 0.477. The van der Waals surface area contributed by atoms with E-state index < -0.39 is 34.8 Å². The van der Waals surface area contributed by atoms with Gasteiger partial charge in [0, 0.05) is 11.6 Å². The lowest BCUT2D eigenvalue weighted by atomic mass is 10.2. The lowest BCUT2D eigenvalue weighted by molar-refractivity contribution is 0.0781. The van der Waals surface area contributed by atoms with Gasteiger partial charge in [0.05, 0.1) is 24.2 Å². The first-order chi connectivity index (χ1) is 14.2. The summed E-state index contributed by atoms with van der Waals surface area (Å²) in [7, 11) is -1.92. The molecule has 3 aromatic rings. The van der Waals surface area contributed by atoms with Crippen LogP contribution in [0.25, 0.3) is 10.9 Å². The van der Waals surface area contributed by atoms with Gasteiger partial charge in [0.15, 0.2) is 5.82 Å². The van der Waals surface area contributed by atoms with Crippen molar-refractivity contribution in [3.05, 3.63) is 28.6 Å². The van der Waals surface area contributed by atoms with E-state index in [0.29, 0.717) is 0 Å². The Balaban J connectivity index is 2.00. The third kappa shape index (κ3) is 4.23. The van der Waals surface area contributed by atoms with Crippen molar-refractivity contribution in [1.29, 1.82) is 0 Å². The van der Waals surface area contributed by atoms with Gasteiger partial charge in [-0.2, -0.15) is 9.97 Å². The van der Waals surface area contributed by atoms with Crippen LogP contribution in [0.5, 0.6) is 17.5 Å². The Kier molecular flexibility index (Phi) is 6.26. The molecule has 0 saturated carbocycles. The van der Waals surface area contributed by atoms with Gasteiger partial charge < -0.3 is 19.2 Å². The average Bonchev–Trinajstić information content (AvgIpc) is 3.14. The van der Waals surface area contributed by atoms with Gasteiger partial charge in [-0.15, -0.1) is 0 Å². The summed E-state index contributed by atoms with van der Waals surface area (Å²) in [5, 5.41) is 0.0963. The topological polar surface area (TPSA) is 115 Å². The number of alkyl halides is 2. The van der Waals surface area contributed by atoms with Gasteiger partial charge in [-0.25, -0.2) is 26.3 Å². The molecule has 0 atom stereocenters. The van der Waals surface area contributed by atoms with Crippen LogP contribution in [0.2, 0.25) is 0 Å². The summed E-state index contributed by atoms with van der Waals surface area (Å²) in [5.41, 5.74) is -0.0171. The fourth-order valence-electron chi connectivity index (χ4n) is 2.51. The molecule has 1 aromatic carbocycles. The highest BCUT2D eigenvalue weighted by Gasteiger charge is 2.25. The Labute approximate surface area is 176 Å². The van der Waals surface area contributed by atoms with E-state index in [9.17, 15) is 21.6 Å². The number of aromatic nitrogens is 3. The van der Waals surface area contributed by atoms with Crippen molar-refractivity contribution in [3.8, 4) is 17.5 Å². The zero-order valence-corrected chi connectivity index (χ0v) is 17.8. The number of hydrogen-bond donors (Lipinski definition) is 2. The van der Waals surface area contributed by atoms with E-state index in [1.165, 1.54) is 26.4 Å². The number of sulfonamides is 1. The number of aromatic amines is 1. The SMILES string of the molecule is COc1nc(NS(=O)(=O)c2c[nH]c3c(F)c(Br)ccc23)nc(OC)c1OCC(F)F. The molecular formula is C16H14BrF3N4O5S. The third-order valence-electron chi connectivity index (χ3n) is 3.77. The minimum atomic E-state index is -4.27. The number of methoxy groups -OCH3 is 2. The summed E-state index contributed by atoms with van der Waals surface area (Å²) in [6.45, 7) is -0.975. The Morgan fingerprint density at radius 1 is 1.20 bits per heavy atom. The van der Waals surface area contributed by atoms with Gasteiger partial charge in [0.1, 0.15) is 11.5 Å². The highest BCUT2D eigenvalue weighted by molar-refractivity contribution is 9.10. The Hall–Kier alpha value is -2.74. The first-order valence-electron chi connectivity index (χ1n) is 8.06. The molecule has 3 rings (SSSR count). The maximum absolute atomic E-state index is 14.2. The number of halogens is 4. The summed E-state index contributed by atoms with van der Waals surface area (Å²) >= 11 is 3.02. The third-order valence-corrected chi connectivity index (χ3v) is 5.75. The van der Waals surface area contributed by atoms with Crippen molar-refractivity contribution in [1.82, 2.24) is 15.0 Å². The fourth-order valence-corrected chi connectivity index (χ4v) is 3.96. The van der Waals surface area contributed by atoms with Crippen molar-refractivity contribution in [2.75, 3.05) is 25.5 Å². The van der Waals surface area contributed by atoms with Crippen LogP contribution in [0.1, 0.15) is 0 Å². The predicted octanol–water partition coefficient (Wildman–Crippen LogP) is 3.32. The number of benzene rings is 1. The standard InChI is InChI=1S/C16H14BrF3N4O5S/c1-27-14-13(29-6-10(18)19)15(28-2)23-16(22-14)24-30(25,26)9-5-21-12-7(9)3-4-8(17)11(12)20/h3-5,10,21H,6H2,1-2H3,(H,22,23,24). The molecule has 0 spiro atoms. The average molecular weight is 511 g/mol. The van der Waals surface area contributed by atoms with Crippen molar-refractivity contribution < 1.29 is 35.8 Å². The van der Waals surface area contributed by atoms with Crippen molar-refractivity contribution in [2.24, 2.45) is 0 Å². The number of H-pyrrole nitrogens is 1. The molecule has 30 heavy (non-hydrogen) atoms. The number of hydrogen-bond acceptors (Lipinski definition) is 7. The van der Waals surface area contributed by atoms with E-state index in [2.05, 4.69) is 35.6 Å². The normalized spacial score (nSPS) is 11.7. The molecule has 0 bridgehead atoms. The van der Waals surface area contributed by atoms with E-state index >= 15 is 0 Å². The van der Waals surface area contributed by atoms with Crippen LogP contribution < -0.4 is 18.9 Å². The first kappa shape index (κ1) is 22.0. The lowest BCUT2D eigenvalue weighted by Gasteiger charge is -2.14. The van der Waals surface area contributed by atoms with Crippen LogP contribution in [-0.4, -0.2) is 50.6 Å². The molecule has 0 aliphatic rings. The summed E-state index contributed by atoms with van der Waals surface area (Å²) in [5.74, 6) is -2.10. The summed E-state index contributed by atoms with van der Waals surface area (Å²) in [6.07, 6.45) is -1.67. The van der Waals surface area contributed by atoms with Crippen LogP contribution in [-0.2, 0) is 10.0 Å². The Morgan fingerprint density at radius 2 is 1.83 bits per heavy atom. The Bertz CT molecular complexity index is 1160. The van der Waals surface area contributed by atoms with E-state index in [1.54, 1.807) is 0 Å². The molecule has 0 amide bonds. The van der Waals surface area contributed by atoms with Crippen LogP contribution in [0, 0.1) is 5.82 Å². The molecule has 0 radical (unpaired) electrons. The molecule has 2 aromatic heterocycles. The van der Waals surface area contributed by atoms with Gasteiger partial charge in [-0.1, -0.05) is 6.07 Å². The number of anilines is 1. The van der Waals surface area contributed by atoms with Gasteiger partial charge in [0.25, 0.3) is 28.2 Å². The number of nitrogens with one attached hydrogen (secondary N) is 2. The number of nitrogens with zero attached hydrogens (tertiary/aromatic N) is 2. The number of fused-ring (bicyclic) bond motifs is 1. The molecule has 0 saturated heterocycles. The number of ether oxygens (including phenoxy) is 3. The highest BCUT2D eigenvalue weighted by atomic mass is 79.9. The summed E-state index contributed by atoms with van der Waals surface area (Å²) in [6, 6.07) is 2.78. The highest BCUT2D eigenvalue weighted by Crippen LogP contribution is 2.36. The zero-order valence-electron chi connectivity index (χ0n) is 15.4. The zero-order chi connectivity index (χ0) is 22.1. The number of rotatable bonds is 8. The molecule has 0 fully saturated rings. The van der Waals surface area contributed by atoms with E-state index in [4.69, 9.17) is 14.2 Å². The van der Waals surface area contributed by atoms with Crippen molar-refractivity contribution in [3.63, 3.8) is 0 Å². The van der Waals surface area contributed by atoms with E-state index in [0.717, 1.165) is 6.20 Å². The van der Waals surface area contributed by atoms with Gasteiger partial charge >= 0.3 is 0 Å². The molecule has 162 valence electrons. The van der Waals surface area contributed by atoms with Crippen LogP contribution in [0.4, 0.5) is 19.1 Å². The van der Waals surface area contributed by atoms with E-state index in [-0.39, 0.29) is 37.8 Å². The summed E-state index contributed by atoms with van der Waals surface area (Å²) < 4.78 is 81.8. The second-order valence-corrected chi connectivity index (χ2v) is 8.14. The maximum Gasteiger partial charge on any atom is 0.272 e. The predicted molar refractivity (Wildman–Crippen MR) is 103 cm³/mol. The van der Waals surface area contributed by atoms with Crippen LogP contribution >= 0.6 is 15.9 Å². The minimum absolute atomic E-state index is 0.0171. The summed E-state index contributed by atoms with van der Waals surface area (Å²) in [4.78, 5) is 9.94. The fraction of sp³-hybridized carbons (Fsp3) is 0.250. The van der Waals surface area contributed by atoms with E-state index in [1.807, 2.05) is 0 Å². The van der Waals surface area contributed by atoms with Gasteiger partial charge in [-0.3, -0.25) is 0 Å². The molecule has 2 heterocycles. The second kappa shape index (κ2) is 8.55. The van der Waals surface area contributed by atoms with Gasteiger partial charge in [0.2, 0.25) is 11.7 Å². The largest absolute Gasteiger partial charge is 0.478 e. The molecular weight excluding hydrogens is 497 g/mol. The minimum Gasteiger partial charge on any atom is -0.478 e. The van der Waals surface area contributed by atoms with Crippen LogP contribution in [0.15, 0.2) is 27.7 Å². The molecule has 9 nitrogen and oxygen atoms in total. The molecule has 0 aliphatic heterocycles. The van der Waals surface area contributed by atoms with Crippen molar-refractivity contribution in [2.45, 2.75) is 11.3 Å². The maximum atomic E-state index is 14.2. The second-order valence-electron chi connectivity index (χ2n) is 5.64. The lowest BCUT2D eigenvalue weighted by Crippen LogP contribution is -2.16.